The Morgan fingerprint density at radius 1 is 0.417 bits per heavy atom. The van der Waals surface area contributed by atoms with Gasteiger partial charge in [0.15, 0.2) is 11.4 Å². The number of rotatable bonds is 4. The van der Waals surface area contributed by atoms with Crippen molar-refractivity contribution in [2.24, 2.45) is 0 Å². The number of furan rings is 1. The summed E-state index contributed by atoms with van der Waals surface area (Å²) in [6.45, 7) is 0. The number of fused-ring (bicyclic) bond motifs is 8. The van der Waals surface area contributed by atoms with Crippen LogP contribution in [0.15, 0.2) is 168 Å². The third-order valence-corrected chi connectivity index (χ3v) is 9.40. The first-order valence-corrected chi connectivity index (χ1v) is 16.2. The van der Waals surface area contributed by atoms with Crippen LogP contribution in [0.1, 0.15) is 0 Å². The fourth-order valence-electron chi connectivity index (χ4n) is 7.17. The molecule has 0 unspecified atom stereocenters. The van der Waals surface area contributed by atoms with Gasteiger partial charge in [-0.2, -0.15) is 0 Å². The Morgan fingerprint density at radius 3 is 1.98 bits per heavy atom. The van der Waals surface area contributed by atoms with Gasteiger partial charge < -0.3 is 8.98 Å². The van der Waals surface area contributed by atoms with Gasteiger partial charge in [0.25, 0.3) is 0 Å². The van der Waals surface area contributed by atoms with E-state index in [1.165, 1.54) is 16.3 Å². The van der Waals surface area contributed by atoms with Gasteiger partial charge >= 0.3 is 0 Å². The lowest BCUT2D eigenvalue weighted by atomic mass is 10.0. The fraction of sp³-hybridized carbons (Fsp3) is 0. The minimum Gasteiger partial charge on any atom is -0.454 e. The molecule has 4 nitrogen and oxygen atoms in total. The summed E-state index contributed by atoms with van der Waals surface area (Å²) in [7, 11) is 0. The molecule has 0 amide bonds. The van der Waals surface area contributed by atoms with Crippen LogP contribution in [0.5, 0.6) is 0 Å². The minimum atomic E-state index is 0.662. The standard InChI is InChI=1S/C44H27N3O/c1-3-12-28(13-4-1)29-14-11-15-31(26-29)44-45-41(36-24-23-35-34-19-8-10-21-40(34)48-43(35)42(36)46-44)30-22-25-39-37(27-30)33-18-7-9-20-38(33)47(39)32-16-5-2-6-17-32/h1-27H. The Bertz CT molecular complexity index is 2830. The second-order valence-corrected chi connectivity index (χ2v) is 12.2. The molecule has 0 saturated heterocycles. The molecule has 0 aliphatic heterocycles. The predicted octanol–water partition coefficient (Wildman–Crippen LogP) is 11.6. The molecule has 10 aromatic rings. The molecule has 3 aromatic heterocycles. The predicted molar refractivity (Wildman–Crippen MR) is 197 cm³/mol. The summed E-state index contributed by atoms with van der Waals surface area (Å²) in [6.07, 6.45) is 0. The van der Waals surface area contributed by atoms with Crippen molar-refractivity contribution >= 4 is 54.6 Å². The minimum absolute atomic E-state index is 0.662. The molecule has 10 rings (SSSR count). The molecule has 224 valence electrons. The van der Waals surface area contributed by atoms with E-state index in [0.717, 1.165) is 72.0 Å². The molecular formula is C44H27N3O. The van der Waals surface area contributed by atoms with Crippen LogP contribution in [0.25, 0.3) is 94.1 Å². The molecule has 0 aliphatic carbocycles. The third-order valence-electron chi connectivity index (χ3n) is 9.40. The van der Waals surface area contributed by atoms with E-state index in [9.17, 15) is 0 Å². The van der Waals surface area contributed by atoms with Gasteiger partial charge in [0, 0.05) is 43.7 Å². The lowest BCUT2D eigenvalue weighted by Gasteiger charge is -2.12. The Kier molecular flexibility index (Phi) is 5.84. The molecule has 0 fully saturated rings. The number of nitrogens with zero attached hydrogens (tertiary/aromatic N) is 3. The van der Waals surface area contributed by atoms with Gasteiger partial charge in [0.2, 0.25) is 0 Å². The number of hydrogen-bond acceptors (Lipinski definition) is 3. The molecule has 7 aromatic carbocycles. The summed E-state index contributed by atoms with van der Waals surface area (Å²) >= 11 is 0. The lowest BCUT2D eigenvalue weighted by molar-refractivity contribution is 0.671. The van der Waals surface area contributed by atoms with Crippen molar-refractivity contribution in [2.45, 2.75) is 0 Å². The van der Waals surface area contributed by atoms with E-state index < -0.39 is 0 Å². The second-order valence-electron chi connectivity index (χ2n) is 12.2. The highest BCUT2D eigenvalue weighted by atomic mass is 16.3. The van der Waals surface area contributed by atoms with Gasteiger partial charge in [-0.3, -0.25) is 0 Å². The third kappa shape index (κ3) is 4.10. The van der Waals surface area contributed by atoms with Crippen LogP contribution in [0, 0.1) is 0 Å². The van der Waals surface area contributed by atoms with Crippen LogP contribution in [-0.2, 0) is 0 Å². The molecular weight excluding hydrogens is 587 g/mol. The quantitative estimate of drug-likeness (QED) is 0.198. The molecule has 0 radical (unpaired) electrons. The summed E-state index contributed by atoms with van der Waals surface area (Å²) < 4.78 is 8.87. The van der Waals surface area contributed by atoms with Crippen LogP contribution in [-0.4, -0.2) is 14.5 Å². The Balaban J connectivity index is 1.26. The number of hydrogen-bond donors (Lipinski definition) is 0. The van der Waals surface area contributed by atoms with Crippen molar-refractivity contribution in [3.05, 3.63) is 164 Å². The molecule has 3 heterocycles. The van der Waals surface area contributed by atoms with Crippen LogP contribution < -0.4 is 0 Å². The molecule has 0 spiro atoms. The fourth-order valence-corrected chi connectivity index (χ4v) is 7.17. The van der Waals surface area contributed by atoms with Gasteiger partial charge in [-0.15, -0.1) is 0 Å². The Morgan fingerprint density at radius 2 is 1.10 bits per heavy atom. The zero-order valence-corrected chi connectivity index (χ0v) is 25.8. The van der Waals surface area contributed by atoms with Crippen molar-refractivity contribution in [1.82, 2.24) is 14.5 Å². The van der Waals surface area contributed by atoms with Gasteiger partial charge in [-0.05, 0) is 65.7 Å². The number of aromatic nitrogens is 3. The number of benzene rings is 7. The van der Waals surface area contributed by atoms with Crippen molar-refractivity contribution in [1.29, 1.82) is 0 Å². The summed E-state index contributed by atoms with van der Waals surface area (Å²) in [4.78, 5) is 10.6. The molecule has 0 bridgehead atoms. The van der Waals surface area contributed by atoms with Crippen LogP contribution in [0.2, 0.25) is 0 Å². The van der Waals surface area contributed by atoms with E-state index in [0.29, 0.717) is 5.82 Å². The van der Waals surface area contributed by atoms with E-state index in [-0.39, 0.29) is 0 Å². The highest BCUT2D eigenvalue weighted by molar-refractivity contribution is 6.17. The summed E-state index contributed by atoms with van der Waals surface area (Å²) in [5.41, 5.74) is 11.0. The summed E-state index contributed by atoms with van der Waals surface area (Å²) in [5, 5.41) is 5.46. The summed E-state index contributed by atoms with van der Waals surface area (Å²) in [5.74, 6) is 0.662. The van der Waals surface area contributed by atoms with E-state index in [1.807, 2.05) is 18.2 Å². The first kappa shape index (κ1) is 26.7. The molecule has 4 heteroatoms. The van der Waals surface area contributed by atoms with Gasteiger partial charge in [0.1, 0.15) is 11.1 Å². The second kappa shape index (κ2) is 10.5. The van der Waals surface area contributed by atoms with Crippen LogP contribution >= 0.6 is 0 Å². The molecule has 48 heavy (non-hydrogen) atoms. The first-order chi connectivity index (χ1) is 23.8. The summed E-state index contributed by atoms with van der Waals surface area (Å²) in [6, 6.07) is 57.3. The zero-order valence-electron chi connectivity index (χ0n) is 25.8. The largest absolute Gasteiger partial charge is 0.454 e. The monoisotopic (exact) mass is 613 g/mol. The normalized spacial score (nSPS) is 11.8. The first-order valence-electron chi connectivity index (χ1n) is 16.2. The van der Waals surface area contributed by atoms with Crippen molar-refractivity contribution < 1.29 is 4.42 Å². The molecule has 0 N–H and O–H groups in total. The highest BCUT2D eigenvalue weighted by Crippen LogP contribution is 2.40. The number of para-hydroxylation sites is 3. The van der Waals surface area contributed by atoms with Crippen LogP contribution in [0.3, 0.4) is 0 Å². The smallest absolute Gasteiger partial charge is 0.161 e. The van der Waals surface area contributed by atoms with Gasteiger partial charge in [-0.25, -0.2) is 9.97 Å². The van der Waals surface area contributed by atoms with E-state index >= 15 is 0 Å². The van der Waals surface area contributed by atoms with Crippen molar-refractivity contribution in [2.75, 3.05) is 0 Å². The topological polar surface area (TPSA) is 43.9 Å². The van der Waals surface area contributed by atoms with Crippen LogP contribution in [0.4, 0.5) is 0 Å². The molecule has 0 aliphatic rings. The maximum Gasteiger partial charge on any atom is 0.161 e. The van der Waals surface area contributed by atoms with E-state index in [4.69, 9.17) is 14.4 Å². The van der Waals surface area contributed by atoms with Gasteiger partial charge in [0.05, 0.1) is 16.7 Å². The lowest BCUT2D eigenvalue weighted by Crippen LogP contribution is -1.96. The van der Waals surface area contributed by atoms with Crippen molar-refractivity contribution in [3.63, 3.8) is 0 Å². The molecule has 0 saturated carbocycles. The average molecular weight is 614 g/mol. The van der Waals surface area contributed by atoms with Crippen molar-refractivity contribution in [3.8, 4) is 39.5 Å². The average Bonchev–Trinajstić information content (AvgIpc) is 3.71. The van der Waals surface area contributed by atoms with Gasteiger partial charge in [-0.1, -0.05) is 109 Å². The SMILES string of the molecule is c1ccc(-c2cccc(-c3nc(-c4ccc5c(c4)c4ccccc4n5-c4ccccc4)c4ccc5c6ccccc6oc5c4n3)c2)cc1. The Labute approximate surface area is 276 Å². The van der Waals surface area contributed by atoms with E-state index in [2.05, 4.69) is 150 Å². The Hall–Kier alpha value is -6.52. The molecule has 0 atom stereocenters. The highest BCUT2D eigenvalue weighted by Gasteiger charge is 2.19. The zero-order chi connectivity index (χ0) is 31.6. The maximum atomic E-state index is 6.53. The maximum absolute atomic E-state index is 6.53. The van der Waals surface area contributed by atoms with E-state index in [1.54, 1.807) is 0 Å².